The fraction of sp³-hybridized carbons (Fsp3) is 0.150. The van der Waals surface area contributed by atoms with Gasteiger partial charge < -0.3 is 11.1 Å². The van der Waals surface area contributed by atoms with Gasteiger partial charge in [0.25, 0.3) is 0 Å². The molecule has 0 aliphatic carbocycles. The van der Waals surface area contributed by atoms with Gasteiger partial charge in [-0.3, -0.25) is 10.3 Å². The number of hydrogen-bond donors (Lipinski definition) is 3. The monoisotopic (exact) mass is 378 g/mol. The summed E-state index contributed by atoms with van der Waals surface area (Å²) in [6, 6.07) is 11.7. The maximum absolute atomic E-state index is 9.32. The maximum Gasteiger partial charge on any atom is 0.163 e. The Bertz CT molecular complexity index is 998. The molecule has 2 heterocycles. The highest BCUT2D eigenvalue weighted by Gasteiger charge is 2.30. The molecule has 1 aromatic carbocycles. The molecule has 2 aromatic rings. The van der Waals surface area contributed by atoms with Gasteiger partial charge in [-0.05, 0) is 37.6 Å². The zero-order chi connectivity index (χ0) is 19.6. The van der Waals surface area contributed by atoms with Crippen molar-refractivity contribution in [2.45, 2.75) is 19.7 Å². The molecule has 136 valence electrons. The minimum atomic E-state index is -0.0667. The number of rotatable bonds is 4. The molecule has 0 bridgehead atoms. The van der Waals surface area contributed by atoms with Crippen LogP contribution in [0.2, 0.25) is 0 Å². The van der Waals surface area contributed by atoms with E-state index in [4.69, 9.17) is 22.7 Å². The highest BCUT2D eigenvalue weighted by molar-refractivity contribution is 6.17. The Labute approximate surface area is 163 Å². The zero-order valence-electron chi connectivity index (χ0n) is 15.0. The molecular formula is C20H19ClN6. The molecule has 0 unspecified atom stereocenters. The van der Waals surface area contributed by atoms with Crippen LogP contribution in [-0.4, -0.2) is 10.8 Å². The number of nitrogens with one attached hydrogen (secondary N) is 2. The van der Waals surface area contributed by atoms with Crippen LogP contribution < -0.4 is 16.0 Å². The zero-order valence-corrected chi connectivity index (χ0v) is 15.8. The molecule has 1 aliphatic heterocycles. The second kappa shape index (κ2) is 7.52. The van der Waals surface area contributed by atoms with Crippen molar-refractivity contribution in [3.8, 4) is 6.07 Å². The van der Waals surface area contributed by atoms with Crippen LogP contribution in [-0.2, 0) is 5.88 Å². The summed E-state index contributed by atoms with van der Waals surface area (Å²) in [6.45, 7) is 3.66. The Balaban J connectivity index is 2.26. The molecule has 6 nitrogen and oxygen atoms in total. The van der Waals surface area contributed by atoms with Gasteiger partial charge in [-0.1, -0.05) is 24.3 Å². The van der Waals surface area contributed by atoms with Gasteiger partial charge >= 0.3 is 0 Å². The summed E-state index contributed by atoms with van der Waals surface area (Å²) in [5.41, 5.74) is 10.0. The normalized spacial score (nSPS) is 14.7. The Kier molecular flexibility index (Phi) is 5.15. The standard InChI is InChI=1S/C20H19ClN6/c1-3-4-16(18(23)24)19-26-17-9-14(11-22)12(2)25-20(17)27(19)15-7-5-13(10-21)6-8-15/h3-9,26H,10H2,1-2H3,(H3,23,24)/b4-3-,19-16+. The van der Waals surface area contributed by atoms with Crippen molar-refractivity contribution in [1.29, 1.82) is 10.7 Å². The van der Waals surface area contributed by atoms with E-state index in [-0.39, 0.29) is 5.84 Å². The number of aryl methyl sites for hydroxylation is 1. The van der Waals surface area contributed by atoms with Gasteiger partial charge in [0.15, 0.2) is 5.82 Å². The summed E-state index contributed by atoms with van der Waals surface area (Å²) in [7, 11) is 0. The number of pyridine rings is 1. The van der Waals surface area contributed by atoms with Gasteiger partial charge in [0.05, 0.1) is 22.5 Å². The number of nitrogens with two attached hydrogens (primary N) is 1. The Morgan fingerprint density at radius 1 is 1.41 bits per heavy atom. The predicted octanol–water partition coefficient (Wildman–Crippen LogP) is 4.29. The van der Waals surface area contributed by atoms with Crippen molar-refractivity contribution >= 4 is 34.6 Å². The smallest absolute Gasteiger partial charge is 0.163 e. The number of allylic oxidation sites excluding steroid dienone is 1. The number of aromatic nitrogens is 1. The quantitative estimate of drug-likeness (QED) is 0.418. The first-order valence-electron chi connectivity index (χ1n) is 8.35. The molecule has 4 N–H and O–H groups in total. The minimum Gasteiger partial charge on any atom is -0.384 e. The number of nitriles is 1. The molecule has 0 fully saturated rings. The third kappa shape index (κ3) is 3.37. The number of amidine groups is 1. The van der Waals surface area contributed by atoms with Gasteiger partial charge in [-0.15, -0.1) is 11.6 Å². The van der Waals surface area contributed by atoms with Crippen molar-refractivity contribution < 1.29 is 0 Å². The van der Waals surface area contributed by atoms with Gasteiger partial charge in [-0.25, -0.2) is 4.98 Å². The van der Waals surface area contributed by atoms with Crippen LogP contribution in [0.4, 0.5) is 17.2 Å². The van der Waals surface area contributed by atoms with Crippen molar-refractivity contribution in [3.63, 3.8) is 0 Å². The van der Waals surface area contributed by atoms with E-state index in [9.17, 15) is 5.26 Å². The second-order valence-electron chi connectivity index (χ2n) is 6.04. The summed E-state index contributed by atoms with van der Waals surface area (Å²) in [5, 5.41) is 20.6. The lowest BCUT2D eigenvalue weighted by molar-refractivity contribution is 1.11. The maximum atomic E-state index is 9.32. The van der Waals surface area contributed by atoms with Crippen LogP contribution in [0.25, 0.3) is 0 Å². The summed E-state index contributed by atoms with van der Waals surface area (Å²) in [5.74, 6) is 1.64. The van der Waals surface area contributed by atoms with Gasteiger partial charge in [0.2, 0.25) is 0 Å². The average Bonchev–Trinajstić information content (AvgIpc) is 3.02. The highest BCUT2D eigenvalue weighted by atomic mass is 35.5. The summed E-state index contributed by atoms with van der Waals surface area (Å²) in [4.78, 5) is 6.52. The van der Waals surface area contributed by atoms with E-state index in [0.29, 0.717) is 40.0 Å². The number of halogens is 1. The highest BCUT2D eigenvalue weighted by Crippen LogP contribution is 2.42. The SMILES string of the molecule is C/C=C\C(C(=N)N)=C1\Nc2cc(C#N)c(C)nc2N1c1ccc(CCl)cc1. The fourth-order valence-electron chi connectivity index (χ4n) is 2.89. The van der Waals surface area contributed by atoms with Crippen LogP contribution in [0.5, 0.6) is 0 Å². The van der Waals surface area contributed by atoms with E-state index in [1.165, 1.54) is 0 Å². The Morgan fingerprint density at radius 3 is 2.67 bits per heavy atom. The molecule has 0 saturated carbocycles. The molecule has 0 amide bonds. The van der Waals surface area contributed by atoms with E-state index >= 15 is 0 Å². The lowest BCUT2D eigenvalue weighted by Gasteiger charge is -2.22. The Morgan fingerprint density at radius 2 is 2.11 bits per heavy atom. The third-order valence-corrected chi connectivity index (χ3v) is 4.54. The summed E-state index contributed by atoms with van der Waals surface area (Å²) >= 11 is 5.90. The van der Waals surface area contributed by atoms with Crippen LogP contribution >= 0.6 is 11.6 Å². The van der Waals surface area contributed by atoms with Gasteiger partial charge in [0, 0.05) is 11.6 Å². The first kappa shape index (κ1) is 18.5. The molecule has 0 spiro atoms. The third-order valence-electron chi connectivity index (χ3n) is 4.23. The molecular weight excluding hydrogens is 360 g/mol. The van der Waals surface area contributed by atoms with Crippen LogP contribution in [0, 0.1) is 23.7 Å². The molecule has 1 aromatic heterocycles. The molecule has 0 atom stereocenters. The lowest BCUT2D eigenvalue weighted by atomic mass is 10.1. The number of alkyl halides is 1. The number of hydrogen-bond acceptors (Lipinski definition) is 5. The van der Waals surface area contributed by atoms with Crippen LogP contribution in [0.3, 0.4) is 0 Å². The number of benzene rings is 1. The van der Waals surface area contributed by atoms with Crippen molar-refractivity contribution in [3.05, 3.63) is 70.7 Å². The van der Waals surface area contributed by atoms with E-state index < -0.39 is 0 Å². The summed E-state index contributed by atoms with van der Waals surface area (Å²) < 4.78 is 0. The number of anilines is 3. The predicted molar refractivity (Wildman–Crippen MR) is 109 cm³/mol. The van der Waals surface area contributed by atoms with Gasteiger partial charge in [-0.2, -0.15) is 5.26 Å². The second-order valence-corrected chi connectivity index (χ2v) is 6.31. The minimum absolute atomic E-state index is 0.0667. The number of fused-ring (bicyclic) bond motifs is 1. The van der Waals surface area contributed by atoms with E-state index in [2.05, 4.69) is 16.4 Å². The molecule has 3 rings (SSSR count). The molecule has 0 radical (unpaired) electrons. The van der Waals surface area contributed by atoms with Crippen molar-refractivity contribution in [1.82, 2.24) is 4.98 Å². The topological polar surface area (TPSA) is 102 Å². The first-order chi connectivity index (χ1) is 13.0. The van der Waals surface area contributed by atoms with E-state index in [0.717, 1.165) is 11.3 Å². The van der Waals surface area contributed by atoms with Crippen molar-refractivity contribution in [2.24, 2.45) is 5.73 Å². The van der Waals surface area contributed by atoms with Gasteiger partial charge in [0.1, 0.15) is 17.7 Å². The Hall–Kier alpha value is -3.30. The molecule has 7 heteroatoms. The van der Waals surface area contributed by atoms with E-state index in [1.54, 1.807) is 19.1 Å². The molecule has 27 heavy (non-hydrogen) atoms. The molecule has 0 saturated heterocycles. The lowest BCUT2D eigenvalue weighted by Crippen LogP contribution is -2.23. The van der Waals surface area contributed by atoms with Crippen LogP contribution in [0.15, 0.2) is 53.9 Å². The summed E-state index contributed by atoms with van der Waals surface area (Å²) in [6.07, 6.45) is 3.59. The number of nitrogens with zero attached hydrogens (tertiary/aromatic N) is 3. The van der Waals surface area contributed by atoms with Crippen LogP contribution in [0.1, 0.15) is 23.7 Å². The molecule has 1 aliphatic rings. The average molecular weight is 379 g/mol. The van der Waals surface area contributed by atoms with E-state index in [1.807, 2.05) is 42.2 Å². The van der Waals surface area contributed by atoms with Crippen molar-refractivity contribution in [2.75, 3.05) is 10.2 Å². The fourth-order valence-corrected chi connectivity index (χ4v) is 3.07. The first-order valence-corrected chi connectivity index (χ1v) is 8.88. The largest absolute Gasteiger partial charge is 0.384 e.